The fourth-order valence-electron chi connectivity index (χ4n) is 4.69. The van der Waals surface area contributed by atoms with Crippen LogP contribution < -0.4 is 5.32 Å². The summed E-state index contributed by atoms with van der Waals surface area (Å²) in [6.45, 7) is 4.24. The number of Topliss-reactive ketones (excluding diaryl/α,β-unsaturated/α-hetero) is 1. The molecule has 3 atom stereocenters. The Labute approximate surface area is 163 Å². The van der Waals surface area contributed by atoms with Crippen LogP contribution >= 0.6 is 0 Å². The zero-order chi connectivity index (χ0) is 19.3. The topological polar surface area (TPSA) is 41.6 Å². The normalized spacial score (nSPS) is 30.6. The molecule has 1 saturated heterocycles. The molecule has 146 valence electrons. The van der Waals surface area contributed by atoms with Crippen LogP contribution in [0.25, 0.3) is 0 Å². The van der Waals surface area contributed by atoms with Gasteiger partial charge in [-0.2, -0.15) is 0 Å². The molecule has 1 aliphatic carbocycles. The van der Waals surface area contributed by atoms with E-state index in [1.165, 1.54) is 5.56 Å². The highest BCUT2D eigenvalue weighted by Gasteiger charge is 2.59. The van der Waals surface area contributed by atoms with E-state index in [2.05, 4.69) is 73.7 Å². The van der Waals surface area contributed by atoms with Gasteiger partial charge in [-0.05, 0) is 32.5 Å². The standard InChI is InChI=1S/C23H32N2O2/c1-4-10-20(26)23(21-18-24-15-16-27-21)14-9-8-13-22(23,25(2)3)17-19-11-6-5-7-12-19/h5-9,11-14,21,24H,4,10,15-18H2,1-3H3. The van der Waals surface area contributed by atoms with Crippen molar-refractivity contribution in [3.8, 4) is 0 Å². The second-order valence-electron chi connectivity index (χ2n) is 7.81. The van der Waals surface area contributed by atoms with Gasteiger partial charge in [0.1, 0.15) is 5.78 Å². The van der Waals surface area contributed by atoms with E-state index in [-0.39, 0.29) is 11.9 Å². The minimum Gasteiger partial charge on any atom is -0.374 e. The molecule has 4 nitrogen and oxygen atoms in total. The quantitative estimate of drug-likeness (QED) is 0.803. The Morgan fingerprint density at radius 2 is 1.96 bits per heavy atom. The third kappa shape index (κ3) is 3.54. The number of nitrogens with one attached hydrogen (secondary N) is 1. The van der Waals surface area contributed by atoms with Crippen molar-refractivity contribution >= 4 is 5.78 Å². The summed E-state index contributed by atoms with van der Waals surface area (Å²) in [5, 5.41) is 3.44. The lowest BCUT2D eigenvalue weighted by Gasteiger charge is -2.55. The van der Waals surface area contributed by atoms with Gasteiger partial charge in [0.15, 0.2) is 0 Å². The molecule has 3 unspecified atom stereocenters. The van der Waals surface area contributed by atoms with Gasteiger partial charge < -0.3 is 10.1 Å². The van der Waals surface area contributed by atoms with Crippen LogP contribution in [0.4, 0.5) is 0 Å². The molecule has 2 aliphatic rings. The maximum absolute atomic E-state index is 13.7. The van der Waals surface area contributed by atoms with Crippen molar-refractivity contribution in [3.05, 3.63) is 60.2 Å². The first-order valence-electron chi connectivity index (χ1n) is 10.0. The van der Waals surface area contributed by atoms with E-state index < -0.39 is 11.0 Å². The monoisotopic (exact) mass is 368 g/mol. The Bertz CT molecular complexity index is 692. The number of morpholine rings is 1. The van der Waals surface area contributed by atoms with Gasteiger partial charge in [-0.1, -0.05) is 61.6 Å². The number of hydrogen-bond acceptors (Lipinski definition) is 4. The van der Waals surface area contributed by atoms with Crippen LogP contribution in [0.5, 0.6) is 0 Å². The van der Waals surface area contributed by atoms with E-state index in [1.54, 1.807) is 0 Å². The third-order valence-corrected chi connectivity index (χ3v) is 6.05. The third-order valence-electron chi connectivity index (χ3n) is 6.05. The molecule has 3 rings (SSSR count). The number of allylic oxidation sites excluding steroid dienone is 2. The second-order valence-corrected chi connectivity index (χ2v) is 7.81. The fourth-order valence-corrected chi connectivity index (χ4v) is 4.69. The zero-order valence-corrected chi connectivity index (χ0v) is 16.8. The fraction of sp³-hybridized carbons (Fsp3) is 0.522. The van der Waals surface area contributed by atoms with Gasteiger partial charge >= 0.3 is 0 Å². The summed E-state index contributed by atoms with van der Waals surface area (Å²) in [5.41, 5.74) is 0.0346. The summed E-state index contributed by atoms with van der Waals surface area (Å²) in [6, 6.07) is 10.5. The van der Waals surface area contributed by atoms with Crippen LogP contribution in [-0.4, -0.2) is 56.1 Å². The number of benzene rings is 1. The van der Waals surface area contributed by atoms with Crippen LogP contribution in [-0.2, 0) is 16.0 Å². The lowest BCUT2D eigenvalue weighted by atomic mass is 9.57. The Balaban J connectivity index is 2.15. The van der Waals surface area contributed by atoms with Crippen LogP contribution in [0.1, 0.15) is 25.3 Å². The van der Waals surface area contributed by atoms with Gasteiger partial charge in [0.05, 0.1) is 23.7 Å². The van der Waals surface area contributed by atoms with Crippen LogP contribution in [0.15, 0.2) is 54.6 Å². The van der Waals surface area contributed by atoms with E-state index in [0.29, 0.717) is 19.6 Å². The molecule has 1 aliphatic heterocycles. The summed E-state index contributed by atoms with van der Waals surface area (Å²) in [5.74, 6) is 0.268. The van der Waals surface area contributed by atoms with Crippen molar-refractivity contribution < 1.29 is 9.53 Å². The van der Waals surface area contributed by atoms with Gasteiger partial charge in [0, 0.05) is 19.5 Å². The van der Waals surface area contributed by atoms with Crippen molar-refractivity contribution in [1.29, 1.82) is 0 Å². The number of ether oxygens (including phenoxy) is 1. The number of likely N-dealkylation sites (N-methyl/N-ethyl adjacent to an activating group) is 1. The van der Waals surface area contributed by atoms with Crippen molar-refractivity contribution in [2.45, 2.75) is 37.8 Å². The Kier molecular flexibility index (Phi) is 6.30. The maximum atomic E-state index is 13.7. The first-order valence-corrected chi connectivity index (χ1v) is 10.0. The number of ketones is 1. The zero-order valence-electron chi connectivity index (χ0n) is 16.8. The van der Waals surface area contributed by atoms with Gasteiger partial charge in [0.25, 0.3) is 0 Å². The lowest BCUT2D eigenvalue weighted by Crippen LogP contribution is -2.68. The predicted molar refractivity (Wildman–Crippen MR) is 110 cm³/mol. The Morgan fingerprint density at radius 3 is 2.59 bits per heavy atom. The van der Waals surface area contributed by atoms with E-state index in [0.717, 1.165) is 19.4 Å². The highest BCUT2D eigenvalue weighted by atomic mass is 16.5. The largest absolute Gasteiger partial charge is 0.374 e. The molecule has 1 aromatic carbocycles. The van der Waals surface area contributed by atoms with E-state index in [4.69, 9.17) is 4.74 Å². The van der Waals surface area contributed by atoms with Gasteiger partial charge in [0.2, 0.25) is 0 Å². The summed E-state index contributed by atoms with van der Waals surface area (Å²) in [4.78, 5) is 15.9. The van der Waals surface area contributed by atoms with Crippen molar-refractivity contribution in [2.75, 3.05) is 33.8 Å². The molecule has 0 aromatic heterocycles. The minimum absolute atomic E-state index is 0.183. The first-order chi connectivity index (χ1) is 13.1. The molecule has 1 heterocycles. The molecule has 0 saturated carbocycles. The molecular weight excluding hydrogens is 336 g/mol. The highest BCUT2D eigenvalue weighted by Crippen LogP contribution is 2.48. The van der Waals surface area contributed by atoms with Crippen molar-refractivity contribution in [1.82, 2.24) is 10.2 Å². The molecule has 1 N–H and O–H groups in total. The highest BCUT2D eigenvalue weighted by molar-refractivity contribution is 5.90. The second kappa shape index (κ2) is 8.51. The Hall–Kier alpha value is -1.75. The summed E-state index contributed by atoms with van der Waals surface area (Å²) < 4.78 is 6.24. The molecule has 4 heteroatoms. The average molecular weight is 369 g/mol. The summed E-state index contributed by atoms with van der Waals surface area (Å²) in [6.07, 6.45) is 10.4. The van der Waals surface area contributed by atoms with E-state index in [9.17, 15) is 4.79 Å². The number of carbonyl (C=O) groups is 1. The van der Waals surface area contributed by atoms with Gasteiger partial charge in [-0.15, -0.1) is 0 Å². The van der Waals surface area contributed by atoms with E-state index >= 15 is 0 Å². The smallest absolute Gasteiger partial charge is 0.147 e. The average Bonchev–Trinajstić information content (AvgIpc) is 2.70. The summed E-state index contributed by atoms with van der Waals surface area (Å²) >= 11 is 0. The minimum atomic E-state index is -0.718. The predicted octanol–water partition coefficient (Wildman–Crippen LogP) is 3.00. The van der Waals surface area contributed by atoms with Crippen LogP contribution in [0, 0.1) is 5.41 Å². The molecular formula is C23H32N2O2. The number of rotatable bonds is 7. The van der Waals surface area contributed by atoms with Crippen molar-refractivity contribution in [3.63, 3.8) is 0 Å². The number of carbonyl (C=O) groups excluding carboxylic acids is 1. The first kappa shape index (κ1) is 20.0. The van der Waals surface area contributed by atoms with Gasteiger partial charge in [-0.25, -0.2) is 0 Å². The molecule has 0 spiro atoms. The SMILES string of the molecule is CCCC(=O)C1(C2CNCCO2)C=CC=CC1(Cc1ccccc1)N(C)C. The lowest BCUT2D eigenvalue weighted by molar-refractivity contribution is -0.149. The molecule has 0 bridgehead atoms. The molecule has 1 aromatic rings. The van der Waals surface area contributed by atoms with Crippen LogP contribution in [0.2, 0.25) is 0 Å². The van der Waals surface area contributed by atoms with Crippen LogP contribution in [0.3, 0.4) is 0 Å². The van der Waals surface area contributed by atoms with E-state index in [1.807, 2.05) is 12.1 Å². The molecule has 0 amide bonds. The number of nitrogens with zero attached hydrogens (tertiary/aromatic N) is 1. The molecule has 27 heavy (non-hydrogen) atoms. The number of hydrogen-bond donors (Lipinski definition) is 1. The summed E-state index contributed by atoms with van der Waals surface area (Å²) in [7, 11) is 4.16. The molecule has 1 fully saturated rings. The van der Waals surface area contributed by atoms with Crippen molar-refractivity contribution in [2.24, 2.45) is 5.41 Å². The maximum Gasteiger partial charge on any atom is 0.147 e. The molecule has 0 radical (unpaired) electrons. The Morgan fingerprint density at radius 1 is 1.22 bits per heavy atom. The van der Waals surface area contributed by atoms with Gasteiger partial charge in [-0.3, -0.25) is 9.69 Å².